The Hall–Kier alpha value is -0.860. The first-order chi connectivity index (χ1) is 8.54. The standard InChI is InChI=1S/C16H28N2/c1-6-17-8-10-18(5)9-7-16-12-14(3)13(2)11-15(16)4/h11-12,17H,6-10H2,1-5H3. The summed E-state index contributed by atoms with van der Waals surface area (Å²) in [5.74, 6) is 0. The van der Waals surface area contributed by atoms with Crippen molar-refractivity contribution in [2.75, 3.05) is 33.2 Å². The van der Waals surface area contributed by atoms with Crippen molar-refractivity contribution >= 4 is 0 Å². The van der Waals surface area contributed by atoms with Gasteiger partial charge in [0.1, 0.15) is 0 Å². The zero-order chi connectivity index (χ0) is 13.5. The Morgan fingerprint density at radius 1 is 1.00 bits per heavy atom. The van der Waals surface area contributed by atoms with E-state index in [0.29, 0.717) is 0 Å². The van der Waals surface area contributed by atoms with E-state index in [1.165, 1.54) is 22.3 Å². The third kappa shape index (κ3) is 4.79. The second-order valence-corrected chi connectivity index (χ2v) is 5.27. The van der Waals surface area contributed by atoms with Crippen molar-refractivity contribution in [1.82, 2.24) is 10.2 Å². The molecular formula is C16H28N2. The lowest BCUT2D eigenvalue weighted by atomic mass is 9.99. The maximum atomic E-state index is 3.36. The van der Waals surface area contributed by atoms with E-state index in [1.54, 1.807) is 0 Å². The monoisotopic (exact) mass is 248 g/mol. The van der Waals surface area contributed by atoms with Crippen LogP contribution < -0.4 is 5.32 Å². The molecule has 0 aliphatic heterocycles. The zero-order valence-corrected chi connectivity index (χ0v) is 12.6. The molecule has 0 bridgehead atoms. The minimum absolute atomic E-state index is 1.06. The molecule has 18 heavy (non-hydrogen) atoms. The summed E-state index contributed by atoms with van der Waals surface area (Å²) in [6.45, 7) is 13.2. The molecule has 0 atom stereocenters. The van der Waals surface area contributed by atoms with Gasteiger partial charge in [-0.25, -0.2) is 0 Å². The molecule has 0 fully saturated rings. The van der Waals surface area contributed by atoms with Crippen molar-refractivity contribution in [2.45, 2.75) is 34.1 Å². The first kappa shape index (κ1) is 15.2. The lowest BCUT2D eigenvalue weighted by Gasteiger charge is -2.18. The van der Waals surface area contributed by atoms with Gasteiger partial charge in [0.2, 0.25) is 0 Å². The summed E-state index contributed by atoms with van der Waals surface area (Å²) in [6, 6.07) is 4.66. The highest BCUT2D eigenvalue weighted by molar-refractivity contribution is 5.36. The molecule has 0 radical (unpaired) electrons. The molecule has 0 unspecified atom stereocenters. The number of aryl methyl sites for hydroxylation is 3. The molecule has 0 aromatic heterocycles. The SMILES string of the molecule is CCNCCN(C)CCc1cc(C)c(C)cc1C. The van der Waals surface area contributed by atoms with Gasteiger partial charge in [0.05, 0.1) is 0 Å². The summed E-state index contributed by atoms with van der Waals surface area (Å²) in [6.07, 6.45) is 1.15. The topological polar surface area (TPSA) is 15.3 Å². The number of nitrogens with zero attached hydrogens (tertiary/aromatic N) is 1. The fourth-order valence-electron chi connectivity index (χ4n) is 2.16. The van der Waals surface area contributed by atoms with Crippen LogP contribution in [0.15, 0.2) is 12.1 Å². The highest BCUT2D eigenvalue weighted by atomic mass is 15.1. The van der Waals surface area contributed by atoms with Crippen LogP contribution in [0.2, 0.25) is 0 Å². The number of hydrogen-bond acceptors (Lipinski definition) is 2. The van der Waals surface area contributed by atoms with Crippen molar-refractivity contribution in [3.8, 4) is 0 Å². The van der Waals surface area contributed by atoms with Crippen molar-refractivity contribution in [3.05, 3.63) is 34.4 Å². The molecule has 1 N–H and O–H groups in total. The minimum atomic E-state index is 1.06. The quantitative estimate of drug-likeness (QED) is 0.746. The molecule has 0 spiro atoms. The zero-order valence-electron chi connectivity index (χ0n) is 12.6. The summed E-state index contributed by atoms with van der Waals surface area (Å²) in [4.78, 5) is 2.40. The van der Waals surface area contributed by atoms with Crippen LogP contribution in [-0.4, -0.2) is 38.1 Å². The third-order valence-electron chi connectivity index (χ3n) is 3.64. The van der Waals surface area contributed by atoms with Crippen LogP contribution in [0.25, 0.3) is 0 Å². The summed E-state index contributed by atoms with van der Waals surface area (Å²) in [7, 11) is 2.20. The Balaban J connectivity index is 2.45. The van der Waals surface area contributed by atoms with E-state index in [0.717, 1.165) is 32.6 Å². The smallest absolute Gasteiger partial charge is 0.0104 e. The Labute approximate surface area is 112 Å². The fraction of sp³-hybridized carbons (Fsp3) is 0.625. The third-order valence-corrected chi connectivity index (χ3v) is 3.64. The highest BCUT2D eigenvalue weighted by Crippen LogP contribution is 2.15. The molecule has 2 heteroatoms. The van der Waals surface area contributed by atoms with E-state index in [4.69, 9.17) is 0 Å². The van der Waals surface area contributed by atoms with Gasteiger partial charge in [-0.15, -0.1) is 0 Å². The normalized spacial score (nSPS) is 11.2. The predicted molar refractivity (Wildman–Crippen MR) is 80.4 cm³/mol. The summed E-state index contributed by atoms with van der Waals surface area (Å²) in [5.41, 5.74) is 5.73. The van der Waals surface area contributed by atoms with Gasteiger partial charge in [-0.05, 0) is 63.0 Å². The van der Waals surface area contributed by atoms with E-state index in [9.17, 15) is 0 Å². The van der Waals surface area contributed by atoms with Gasteiger partial charge < -0.3 is 10.2 Å². The summed E-state index contributed by atoms with van der Waals surface area (Å²) in [5, 5.41) is 3.36. The van der Waals surface area contributed by atoms with Crippen molar-refractivity contribution < 1.29 is 0 Å². The van der Waals surface area contributed by atoms with Crippen LogP contribution in [0.1, 0.15) is 29.2 Å². The maximum absolute atomic E-state index is 3.36. The lowest BCUT2D eigenvalue weighted by molar-refractivity contribution is 0.336. The van der Waals surface area contributed by atoms with Gasteiger partial charge in [-0.2, -0.15) is 0 Å². The van der Waals surface area contributed by atoms with Crippen molar-refractivity contribution in [1.29, 1.82) is 0 Å². The molecular weight excluding hydrogens is 220 g/mol. The fourth-order valence-corrected chi connectivity index (χ4v) is 2.16. The Morgan fingerprint density at radius 2 is 1.67 bits per heavy atom. The second kappa shape index (κ2) is 7.55. The van der Waals surface area contributed by atoms with Crippen molar-refractivity contribution in [2.24, 2.45) is 0 Å². The molecule has 1 aromatic rings. The van der Waals surface area contributed by atoms with Gasteiger partial charge in [-0.3, -0.25) is 0 Å². The van der Waals surface area contributed by atoms with Gasteiger partial charge in [0.25, 0.3) is 0 Å². The van der Waals surface area contributed by atoms with Crippen LogP contribution in [-0.2, 0) is 6.42 Å². The molecule has 0 aliphatic rings. The van der Waals surface area contributed by atoms with E-state index in [-0.39, 0.29) is 0 Å². The molecule has 102 valence electrons. The van der Waals surface area contributed by atoms with Crippen LogP contribution in [0.4, 0.5) is 0 Å². The van der Waals surface area contributed by atoms with Gasteiger partial charge in [0, 0.05) is 19.6 Å². The summed E-state index contributed by atoms with van der Waals surface area (Å²) < 4.78 is 0. The largest absolute Gasteiger partial charge is 0.316 e. The number of nitrogens with one attached hydrogen (secondary N) is 1. The predicted octanol–water partition coefficient (Wildman–Crippen LogP) is 2.70. The van der Waals surface area contributed by atoms with E-state index < -0.39 is 0 Å². The number of benzene rings is 1. The molecule has 0 heterocycles. The van der Waals surface area contributed by atoms with Gasteiger partial charge >= 0.3 is 0 Å². The van der Waals surface area contributed by atoms with Crippen LogP contribution in [0, 0.1) is 20.8 Å². The van der Waals surface area contributed by atoms with Crippen LogP contribution in [0.3, 0.4) is 0 Å². The number of hydrogen-bond donors (Lipinski definition) is 1. The molecule has 2 nitrogen and oxygen atoms in total. The average molecular weight is 248 g/mol. The molecule has 0 aliphatic carbocycles. The van der Waals surface area contributed by atoms with E-state index in [1.807, 2.05) is 0 Å². The van der Waals surface area contributed by atoms with E-state index >= 15 is 0 Å². The van der Waals surface area contributed by atoms with Crippen LogP contribution in [0.5, 0.6) is 0 Å². The first-order valence-corrected chi connectivity index (χ1v) is 7.00. The molecule has 1 aromatic carbocycles. The lowest BCUT2D eigenvalue weighted by Crippen LogP contribution is -2.30. The maximum Gasteiger partial charge on any atom is 0.0104 e. The molecule has 0 saturated heterocycles. The van der Waals surface area contributed by atoms with Gasteiger partial charge in [0.15, 0.2) is 0 Å². The Kier molecular flexibility index (Phi) is 6.37. The highest BCUT2D eigenvalue weighted by Gasteiger charge is 2.04. The van der Waals surface area contributed by atoms with Crippen molar-refractivity contribution in [3.63, 3.8) is 0 Å². The van der Waals surface area contributed by atoms with Crippen LogP contribution >= 0.6 is 0 Å². The second-order valence-electron chi connectivity index (χ2n) is 5.27. The molecule has 0 saturated carbocycles. The Morgan fingerprint density at radius 3 is 2.33 bits per heavy atom. The first-order valence-electron chi connectivity index (χ1n) is 7.00. The molecule has 0 amide bonds. The minimum Gasteiger partial charge on any atom is -0.316 e. The number of likely N-dealkylation sites (N-methyl/N-ethyl adjacent to an activating group) is 2. The number of rotatable bonds is 7. The summed E-state index contributed by atoms with van der Waals surface area (Å²) >= 11 is 0. The van der Waals surface area contributed by atoms with Gasteiger partial charge in [-0.1, -0.05) is 19.1 Å². The Bertz CT molecular complexity index is 372. The average Bonchev–Trinajstić information content (AvgIpc) is 2.32. The molecule has 1 rings (SSSR count). The van der Waals surface area contributed by atoms with E-state index in [2.05, 4.69) is 57.1 Å².